The summed E-state index contributed by atoms with van der Waals surface area (Å²) in [5.41, 5.74) is 4.43. The summed E-state index contributed by atoms with van der Waals surface area (Å²) in [6.45, 7) is 3.60. The Kier molecular flexibility index (Phi) is 3.60. The van der Waals surface area contributed by atoms with Crippen LogP contribution in [0.15, 0.2) is 22.7 Å². The molecule has 1 aromatic heterocycles. The lowest BCUT2D eigenvalue weighted by Gasteiger charge is -2.06. The molecule has 19 heavy (non-hydrogen) atoms. The molecule has 0 radical (unpaired) electrons. The van der Waals surface area contributed by atoms with Crippen LogP contribution in [0.25, 0.3) is 0 Å². The van der Waals surface area contributed by atoms with Crippen LogP contribution >= 0.6 is 0 Å². The van der Waals surface area contributed by atoms with Gasteiger partial charge in [0.05, 0.1) is 0 Å². The van der Waals surface area contributed by atoms with E-state index >= 15 is 0 Å². The van der Waals surface area contributed by atoms with Gasteiger partial charge in [0.25, 0.3) is 0 Å². The number of aryl methyl sites for hydroxylation is 3. The van der Waals surface area contributed by atoms with Crippen molar-refractivity contribution in [3.8, 4) is 0 Å². The first-order valence-corrected chi connectivity index (χ1v) is 6.92. The minimum Gasteiger partial charge on any atom is -0.339 e. The van der Waals surface area contributed by atoms with Crippen LogP contribution in [0.3, 0.4) is 0 Å². The molecule has 0 unspecified atom stereocenters. The number of aromatic nitrogens is 2. The maximum Gasteiger partial charge on any atom is 0.227 e. The maximum absolute atomic E-state index is 5.08. The van der Waals surface area contributed by atoms with E-state index in [-0.39, 0.29) is 0 Å². The van der Waals surface area contributed by atoms with E-state index in [1.807, 2.05) is 6.92 Å². The van der Waals surface area contributed by atoms with Crippen LogP contribution in [-0.2, 0) is 25.8 Å². The first-order valence-electron chi connectivity index (χ1n) is 6.92. The fourth-order valence-electron chi connectivity index (χ4n) is 2.60. The van der Waals surface area contributed by atoms with Crippen molar-refractivity contribution in [3.05, 3.63) is 46.6 Å². The van der Waals surface area contributed by atoms with Gasteiger partial charge >= 0.3 is 0 Å². The second-order valence-electron chi connectivity index (χ2n) is 5.12. The summed E-state index contributed by atoms with van der Waals surface area (Å²) < 4.78 is 5.08. The Morgan fingerprint density at radius 3 is 3.00 bits per heavy atom. The van der Waals surface area contributed by atoms with Crippen molar-refractivity contribution in [2.75, 3.05) is 6.54 Å². The molecule has 1 heterocycles. The van der Waals surface area contributed by atoms with E-state index in [1.165, 1.54) is 36.0 Å². The summed E-state index contributed by atoms with van der Waals surface area (Å²) in [6, 6.07) is 6.85. The number of hydrogen-bond donors (Lipinski definition) is 1. The van der Waals surface area contributed by atoms with Crippen molar-refractivity contribution in [3.63, 3.8) is 0 Å². The minimum absolute atomic E-state index is 0.702. The minimum atomic E-state index is 0.702. The molecule has 4 nitrogen and oxygen atoms in total. The van der Waals surface area contributed by atoms with E-state index in [0.717, 1.165) is 19.5 Å². The third kappa shape index (κ3) is 3.01. The zero-order valence-corrected chi connectivity index (χ0v) is 11.3. The molecule has 1 aromatic carbocycles. The molecule has 0 bridgehead atoms. The molecule has 1 aliphatic rings. The Bertz CT molecular complexity index is 562. The van der Waals surface area contributed by atoms with Crippen LogP contribution in [0, 0.1) is 6.92 Å². The number of nitrogens with one attached hydrogen (secondary N) is 1. The van der Waals surface area contributed by atoms with E-state index in [2.05, 4.69) is 33.7 Å². The van der Waals surface area contributed by atoms with Gasteiger partial charge in [0.1, 0.15) is 0 Å². The fourth-order valence-corrected chi connectivity index (χ4v) is 2.60. The SMILES string of the molecule is Cc1noc(CCNCc2ccc3c(c2)CCC3)n1. The Morgan fingerprint density at radius 2 is 2.16 bits per heavy atom. The topological polar surface area (TPSA) is 51.0 Å². The van der Waals surface area contributed by atoms with E-state index in [9.17, 15) is 0 Å². The predicted molar refractivity (Wildman–Crippen MR) is 72.9 cm³/mol. The molecule has 3 rings (SSSR count). The Hall–Kier alpha value is -1.68. The summed E-state index contributed by atoms with van der Waals surface area (Å²) in [5, 5.41) is 7.20. The number of nitrogens with zero attached hydrogens (tertiary/aromatic N) is 2. The van der Waals surface area contributed by atoms with Crippen LogP contribution in [-0.4, -0.2) is 16.7 Å². The van der Waals surface area contributed by atoms with Gasteiger partial charge in [0.15, 0.2) is 5.82 Å². The highest BCUT2D eigenvalue weighted by Gasteiger charge is 2.10. The Labute approximate surface area is 113 Å². The zero-order chi connectivity index (χ0) is 13.1. The van der Waals surface area contributed by atoms with Gasteiger partial charge in [-0.3, -0.25) is 0 Å². The third-order valence-electron chi connectivity index (χ3n) is 3.58. The van der Waals surface area contributed by atoms with E-state index in [1.54, 1.807) is 0 Å². The summed E-state index contributed by atoms with van der Waals surface area (Å²) in [4.78, 5) is 4.18. The standard InChI is InChI=1S/C15H19N3O/c1-11-17-15(19-18-11)7-8-16-10-12-5-6-13-3-2-4-14(13)9-12/h5-6,9,16H,2-4,7-8,10H2,1H3. The average molecular weight is 257 g/mol. The van der Waals surface area contributed by atoms with E-state index < -0.39 is 0 Å². The lowest BCUT2D eigenvalue weighted by atomic mass is 10.1. The van der Waals surface area contributed by atoms with E-state index in [4.69, 9.17) is 4.52 Å². The number of rotatable bonds is 5. The summed E-state index contributed by atoms with van der Waals surface area (Å²) in [6.07, 6.45) is 4.58. The molecule has 2 aromatic rings. The number of fused-ring (bicyclic) bond motifs is 1. The largest absolute Gasteiger partial charge is 0.339 e. The van der Waals surface area contributed by atoms with Crippen molar-refractivity contribution in [1.29, 1.82) is 0 Å². The number of hydrogen-bond acceptors (Lipinski definition) is 4. The van der Waals surface area contributed by atoms with Gasteiger partial charge in [-0.05, 0) is 42.9 Å². The molecule has 0 fully saturated rings. The number of benzene rings is 1. The third-order valence-corrected chi connectivity index (χ3v) is 3.58. The highest BCUT2D eigenvalue weighted by Crippen LogP contribution is 2.22. The summed E-state index contributed by atoms with van der Waals surface area (Å²) >= 11 is 0. The molecule has 100 valence electrons. The summed E-state index contributed by atoms with van der Waals surface area (Å²) in [5.74, 6) is 1.41. The highest BCUT2D eigenvalue weighted by molar-refractivity contribution is 5.35. The van der Waals surface area contributed by atoms with Gasteiger partial charge < -0.3 is 9.84 Å². The molecule has 0 spiro atoms. The second kappa shape index (κ2) is 5.53. The van der Waals surface area contributed by atoms with Crippen LogP contribution in [0.2, 0.25) is 0 Å². The first kappa shape index (κ1) is 12.4. The lowest BCUT2D eigenvalue weighted by molar-refractivity contribution is 0.372. The molecule has 4 heteroatoms. The van der Waals surface area contributed by atoms with Crippen LogP contribution in [0.4, 0.5) is 0 Å². The molecule has 1 aliphatic carbocycles. The average Bonchev–Trinajstić information content (AvgIpc) is 3.03. The Morgan fingerprint density at radius 1 is 1.26 bits per heavy atom. The Balaban J connectivity index is 1.47. The second-order valence-corrected chi connectivity index (χ2v) is 5.12. The molecule has 0 aliphatic heterocycles. The van der Waals surface area contributed by atoms with Crippen LogP contribution in [0.1, 0.15) is 34.8 Å². The zero-order valence-electron chi connectivity index (χ0n) is 11.3. The molecule has 0 atom stereocenters. The maximum atomic E-state index is 5.08. The highest BCUT2D eigenvalue weighted by atomic mass is 16.5. The van der Waals surface area contributed by atoms with Gasteiger partial charge in [0.2, 0.25) is 5.89 Å². The fraction of sp³-hybridized carbons (Fsp3) is 0.467. The van der Waals surface area contributed by atoms with Crippen LogP contribution in [0.5, 0.6) is 0 Å². The lowest BCUT2D eigenvalue weighted by Crippen LogP contribution is -2.17. The molecular formula is C15H19N3O. The molecule has 0 amide bonds. The van der Waals surface area contributed by atoms with Crippen molar-refractivity contribution in [1.82, 2.24) is 15.5 Å². The van der Waals surface area contributed by atoms with Crippen molar-refractivity contribution >= 4 is 0 Å². The smallest absolute Gasteiger partial charge is 0.227 e. The van der Waals surface area contributed by atoms with Gasteiger partial charge in [-0.2, -0.15) is 4.98 Å². The van der Waals surface area contributed by atoms with Crippen LogP contribution < -0.4 is 5.32 Å². The molecule has 0 saturated heterocycles. The van der Waals surface area contributed by atoms with Gasteiger partial charge in [-0.15, -0.1) is 0 Å². The quantitative estimate of drug-likeness (QED) is 0.834. The first-order chi connectivity index (χ1) is 9.31. The van der Waals surface area contributed by atoms with E-state index in [0.29, 0.717) is 11.7 Å². The molecule has 0 saturated carbocycles. The van der Waals surface area contributed by atoms with Crippen molar-refractivity contribution in [2.24, 2.45) is 0 Å². The van der Waals surface area contributed by atoms with Gasteiger partial charge in [-0.25, -0.2) is 0 Å². The summed E-state index contributed by atoms with van der Waals surface area (Å²) in [7, 11) is 0. The monoisotopic (exact) mass is 257 g/mol. The van der Waals surface area contributed by atoms with Crippen molar-refractivity contribution in [2.45, 2.75) is 39.2 Å². The van der Waals surface area contributed by atoms with Gasteiger partial charge in [0, 0.05) is 19.5 Å². The normalized spacial score (nSPS) is 13.7. The van der Waals surface area contributed by atoms with Gasteiger partial charge in [-0.1, -0.05) is 23.4 Å². The molecule has 1 N–H and O–H groups in total. The van der Waals surface area contributed by atoms with Crippen molar-refractivity contribution < 1.29 is 4.52 Å². The molecular weight excluding hydrogens is 238 g/mol. The predicted octanol–water partition coefficient (Wildman–Crippen LogP) is 2.20.